The smallest absolute Gasteiger partial charge is 0.337 e. The van der Waals surface area contributed by atoms with E-state index in [-0.39, 0.29) is 40.3 Å². The second-order valence-electron chi connectivity index (χ2n) is 7.69. The molecular weight excluding hydrogens is 426 g/mol. The van der Waals surface area contributed by atoms with Gasteiger partial charge in [-0.15, -0.1) is 0 Å². The average Bonchev–Trinajstić information content (AvgIpc) is 3.04. The van der Waals surface area contributed by atoms with Gasteiger partial charge in [-0.3, -0.25) is 0 Å². The van der Waals surface area contributed by atoms with Crippen molar-refractivity contribution in [1.82, 2.24) is 4.31 Å². The SMILES string of the molecule is COC(=O)c1ccc(S(=O)(=O)N2[C@H]3CC[C@H]2CC(S(=O)(=O)c2ccccc2)C3)cc1. The predicted molar refractivity (Wildman–Crippen MR) is 110 cm³/mol. The Morgan fingerprint density at radius 2 is 1.43 bits per heavy atom. The molecule has 30 heavy (non-hydrogen) atoms. The van der Waals surface area contributed by atoms with E-state index in [2.05, 4.69) is 4.74 Å². The largest absolute Gasteiger partial charge is 0.465 e. The summed E-state index contributed by atoms with van der Waals surface area (Å²) in [6, 6.07) is 13.3. The second-order valence-corrected chi connectivity index (χ2v) is 11.8. The summed E-state index contributed by atoms with van der Waals surface area (Å²) in [7, 11) is -6.04. The molecule has 0 unspecified atom stereocenters. The van der Waals surface area contributed by atoms with Crippen molar-refractivity contribution in [3.05, 3.63) is 60.2 Å². The molecule has 0 radical (unpaired) electrons. The van der Waals surface area contributed by atoms with Crippen LogP contribution in [0.25, 0.3) is 0 Å². The van der Waals surface area contributed by atoms with E-state index in [1.165, 1.54) is 35.7 Å². The van der Waals surface area contributed by atoms with Gasteiger partial charge in [0.1, 0.15) is 0 Å². The van der Waals surface area contributed by atoms with Gasteiger partial charge in [0.05, 0.1) is 27.7 Å². The first-order valence-electron chi connectivity index (χ1n) is 9.76. The predicted octanol–water partition coefficient (Wildman–Crippen LogP) is 2.63. The zero-order chi connectivity index (χ0) is 21.5. The number of carbonyl (C=O) groups excluding carboxylic acids is 1. The molecule has 0 saturated carbocycles. The summed E-state index contributed by atoms with van der Waals surface area (Å²) in [5.74, 6) is -0.536. The molecule has 160 valence electrons. The molecule has 9 heteroatoms. The van der Waals surface area contributed by atoms with E-state index >= 15 is 0 Å². The Kier molecular flexibility index (Phi) is 5.46. The van der Waals surface area contributed by atoms with Gasteiger partial charge >= 0.3 is 5.97 Å². The number of ether oxygens (including phenoxy) is 1. The molecule has 2 atom stereocenters. The normalized spacial score (nSPS) is 24.5. The number of piperidine rings is 1. The van der Waals surface area contributed by atoms with Crippen LogP contribution in [-0.2, 0) is 24.6 Å². The van der Waals surface area contributed by atoms with Crippen LogP contribution in [0.4, 0.5) is 0 Å². The van der Waals surface area contributed by atoms with Crippen LogP contribution in [0.3, 0.4) is 0 Å². The molecule has 0 amide bonds. The van der Waals surface area contributed by atoms with Gasteiger partial charge in [-0.25, -0.2) is 21.6 Å². The number of esters is 1. The lowest BCUT2D eigenvalue weighted by Gasteiger charge is -2.37. The maximum Gasteiger partial charge on any atom is 0.337 e. The molecule has 0 aromatic heterocycles. The van der Waals surface area contributed by atoms with Crippen molar-refractivity contribution < 1.29 is 26.4 Å². The summed E-state index contributed by atoms with van der Waals surface area (Å²) < 4.78 is 58.8. The highest BCUT2D eigenvalue weighted by Gasteiger charge is 2.50. The van der Waals surface area contributed by atoms with Crippen LogP contribution in [0.15, 0.2) is 64.4 Å². The van der Waals surface area contributed by atoms with E-state index in [4.69, 9.17) is 0 Å². The van der Waals surface area contributed by atoms with Gasteiger partial charge in [-0.2, -0.15) is 4.31 Å². The van der Waals surface area contributed by atoms with Gasteiger partial charge in [-0.1, -0.05) is 18.2 Å². The Morgan fingerprint density at radius 3 is 1.97 bits per heavy atom. The van der Waals surface area contributed by atoms with E-state index in [0.29, 0.717) is 12.8 Å². The molecular formula is C21H23NO6S2. The zero-order valence-electron chi connectivity index (χ0n) is 16.5. The standard InChI is InChI=1S/C21H23NO6S2/c1-28-21(23)15-7-11-19(12-8-15)30(26,27)22-16-9-10-17(22)14-20(13-16)29(24,25)18-5-3-2-4-6-18/h2-8,11-12,16-17,20H,9-10,13-14H2,1H3/t16-,17-/m0/s1. The molecule has 2 aliphatic heterocycles. The van der Waals surface area contributed by atoms with Crippen LogP contribution in [0.1, 0.15) is 36.0 Å². The Balaban J connectivity index is 1.59. The van der Waals surface area contributed by atoms with Crippen LogP contribution in [0.2, 0.25) is 0 Å². The molecule has 0 aliphatic carbocycles. The fourth-order valence-electron chi connectivity index (χ4n) is 4.54. The number of methoxy groups -OCH3 is 1. The lowest BCUT2D eigenvalue weighted by atomic mass is 10.1. The van der Waals surface area contributed by atoms with E-state index < -0.39 is 31.1 Å². The number of sulfonamides is 1. The Labute approximate surface area is 176 Å². The molecule has 0 spiro atoms. The Bertz CT molecular complexity index is 1130. The van der Waals surface area contributed by atoms with Crippen LogP contribution >= 0.6 is 0 Å². The average molecular weight is 450 g/mol. The minimum absolute atomic E-state index is 0.0939. The summed E-state index contributed by atoms with van der Waals surface area (Å²) in [5, 5.41) is -0.592. The number of hydrogen-bond donors (Lipinski definition) is 0. The Hall–Kier alpha value is -2.23. The molecule has 0 N–H and O–H groups in total. The fraction of sp³-hybridized carbons (Fsp3) is 0.381. The lowest BCUT2D eigenvalue weighted by molar-refractivity contribution is 0.0600. The van der Waals surface area contributed by atoms with E-state index in [1.807, 2.05) is 0 Å². The van der Waals surface area contributed by atoms with Crippen molar-refractivity contribution >= 4 is 25.8 Å². The van der Waals surface area contributed by atoms with Crippen molar-refractivity contribution in [3.63, 3.8) is 0 Å². The Morgan fingerprint density at radius 1 is 0.867 bits per heavy atom. The number of hydrogen-bond acceptors (Lipinski definition) is 6. The summed E-state index contributed by atoms with van der Waals surface area (Å²) in [5.41, 5.74) is 0.270. The maximum absolute atomic E-state index is 13.3. The van der Waals surface area contributed by atoms with Gasteiger partial charge in [-0.05, 0) is 62.1 Å². The minimum Gasteiger partial charge on any atom is -0.465 e. The zero-order valence-corrected chi connectivity index (χ0v) is 18.1. The van der Waals surface area contributed by atoms with Gasteiger partial charge in [0, 0.05) is 12.1 Å². The van der Waals surface area contributed by atoms with E-state index in [9.17, 15) is 21.6 Å². The highest BCUT2D eigenvalue weighted by Crippen LogP contribution is 2.42. The van der Waals surface area contributed by atoms with Crippen molar-refractivity contribution in [2.45, 2.75) is 52.8 Å². The monoisotopic (exact) mass is 449 g/mol. The molecule has 7 nitrogen and oxygen atoms in total. The maximum atomic E-state index is 13.3. The molecule has 2 saturated heterocycles. The summed E-state index contributed by atoms with van der Waals surface area (Å²) >= 11 is 0. The van der Waals surface area contributed by atoms with Crippen molar-refractivity contribution in [1.29, 1.82) is 0 Å². The van der Waals surface area contributed by atoms with Crippen LogP contribution in [0, 0.1) is 0 Å². The minimum atomic E-state index is -3.79. The molecule has 2 fully saturated rings. The highest BCUT2D eigenvalue weighted by atomic mass is 32.2. The molecule has 4 rings (SSSR count). The third-order valence-electron chi connectivity index (χ3n) is 5.98. The van der Waals surface area contributed by atoms with Crippen molar-refractivity contribution in [2.75, 3.05) is 7.11 Å². The first kappa shape index (κ1) is 21.0. The number of nitrogens with zero attached hydrogens (tertiary/aromatic N) is 1. The molecule has 2 aromatic carbocycles. The van der Waals surface area contributed by atoms with Crippen molar-refractivity contribution in [3.8, 4) is 0 Å². The van der Waals surface area contributed by atoms with E-state index in [1.54, 1.807) is 30.3 Å². The number of fused-ring (bicyclic) bond motifs is 2. The van der Waals surface area contributed by atoms with Gasteiger partial charge in [0.25, 0.3) is 0 Å². The lowest BCUT2D eigenvalue weighted by Crippen LogP contribution is -2.49. The van der Waals surface area contributed by atoms with E-state index in [0.717, 1.165) is 0 Å². The second kappa shape index (κ2) is 7.79. The summed E-state index contributed by atoms with van der Waals surface area (Å²) in [6.45, 7) is 0. The summed E-state index contributed by atoms with van der Waals surface area (Å²) in [4.78, 5) is 12.0. The number of carbonyl (C=O) groups is 1. The number of benzene rings is 2. The molecule has 2 heterocycles. The third kappa shape index (κ3) is 3.55. The number of rotatable bonds is 5. The quantitative estimate of drug-likeness (QED) is 0.651. The molecule has 2 aromatic rings. The third-order valence-corrected chi connectivity index (χ3v) is 10.2. The van der Waals surface area contributed by atoms with Gasteiger partial charge in [0.2, 0.25) is 10.0 Å². The van der Waals surface area contributed by atoms with Crippen LogP contribution in [0.5, 0.6) is 0 Å². The van der Waals surface area contributed by atoms with Gasteiger partial charge in [0.15, 0.2) is 9.84 Å². The van der Waals surface area contributed by atoms with Gasteiger partial charge < -0.3 is 4.74 Å². The molecule has 2 bridgehead atoms. The topological polar surface area (TPSA) is 97.8 Å². The number of sulfone groups is 1. The van der Waals surface area contributed by atoms with Crippen molar-refractivity contribution in [2.24, 2.45) is 0 Å². The highest BCUT2D eigenvalue weighted by molar-refractivity contribution is 7.92. The fourth-order valence-corrected chi connectivity index (χ4v) is 8.30. The molecule has 2 aliphatic rings. The van der Waals surface area contributed by atoms with Crippen LogP contribution < -0.4 is 0 Å². The first-order valence-corrected chi connectivity index (χ1v) is 12.7. The summed E-state index contributed by atoms with van der Waals surface area (Å²) in [6.07, 6.45) is 1.86. The van der Waals surface area contributed by atoms with Crippen LogP contribution in [-0.4, -0.2) is 51.6 Å². The first-order chi connectivity index (χ1) is 14.2.